The van der Waals surface area contributed by atoms with Crippen LogP contribution in [-0.2, 0) is 15.9 Å². The number of anilines is 1. The summed E-state index contributed by atoms with van der Waals surface area (Å²) in [6, 6.07) is 10.7. The minimum atomic E-state index is -0.460. The van der Waals surface area contributed by atoms with Crippen molar-refractivity contribution in [3.8, 4) is 0 Å². The quantitative estimate of drug-likeness (QED) is 0.838. The van der Waals surface area contributed by atoms with Gasteiger partial charge in [-0.05, 0) is 57.4 Å². The molecule has 0 atom stereocenters. The van der Waals surface area contributed by atoms with Gasteiger partial charge in [0.1, 0.15) is 5.76 Å². The molecule has 1 aromatic heterocycles. The Morgan fingerprint density at radius 3 is 2.44 bits per heavy atom. The highest BCUT2D eigenvalue weighted by Gasteiger charge is 2.51. The summed E-state index contributed by atoms with van der Waals surface area (Å²) < 4.78 is 17.3. The molecule has 1 aromatic carbocycles. The van der Waals surface area contributed by atoms with Crippen LogP contribution < -0.4 is 16.1 Å². The average molecular weight is 342 g/mol. The third kappa shape index (κ3) is 3.88. The zero-order chi connectivity index (χ0) is 18.1. The highest BCUT2D eigenvalue weighted by Crippen LogP contribution is 2.36. The number of carbonyl (C=O) groups excluding carboxylic acids is 1. The van der Waals surface area contributed by atoms with E-state index >= 15 is 0 Å². The number of carbonyl (C=O) groups is 1. The van der Waals surface area contributed by atoms with Gasteiger partial charge in [-0.2, -0.15) is 0 Å². The number of furan rings is 1. The molecule has 132 valence electrons. The maximum Gasteiger partial charge on any atom is 0.494 e. The summed E-state index contributed by atoms with van der Waals surface area (Å²) in [7, 11) is -0.460. The highest BCUT2D eigenvalue weighted by molar-refractivity contribution is 6.62. The van der Waals surface area contributed by atoms with E-state index in [1.165, 1.54) is 0 Å². The van der Waals surface area contributed by atoms with E-state index in [2.05, 4.69) is 10.6 Å². The fourth-order valence-electron chi connectivity index (χ4n) is 2.50. The lowest BCUT2D eigenvalue weighted by molar-refractivity contribution is 0.00578. The molecule has 0 bridgehead atoms. The van der Waals surface area contributed by atoms with Crippen LogP contribution in [0.4, 0.5) is 10.5 Å². The van der Waals surface area contributed by atoms with E-state index in [0.29, 0.717) is 18.0 Å². The molecule has 6 nitrogen and oxygen atoms in total. The van der Waals surface area contributed by atoms with E-state index < -0.39 is 18.3 Å². The van der Waals surface area contributed by atoms with Crippen molar-refractivity contribution in [3.63, 3.8) is 0 Å². The number of amides is 2. The van der Waals surface area contributed by atoms with E-state index in [-0.39, 0.29) is 6.03 Å². The van der Waals surface area contributed by atoms with Crippen LogP contribution in [0.2, 0.25) is 0 Å². The summed E-state index contributed by atoms with van der Waals surface area (Å²) in [5, 5.41) is 5.55. The molecule has 25 heavy (non-hydrogen) atoms. The van der Waals surface area contributed by atoms with Crippen LogP contribution in [0.1, 0.15) is 33.5 Å². The first kappa shape index (κ1) is 17.6. The molecule has 1 aliphatic heterocycles. The van der Waals surface area contributed by atoms with Crippen LogP contribution in [0.5, 0.6) is 0 Å². The summed E-state index contributed by atoms with van der Waals surface area (Å²) in [5.74, 6) is 0.695. The molecule has 0 aliphatic carbocycles. The van der Waals surface area contributed by atoms with E-state index in [4.69, 9.17) is 13.7 Å². The SMILES string of the molecule is CC1(C)OB(c2cccc(NC(=O)NCc3ccco3)c2)OC1(C)C. The Hall–Kier alpha value is -2.25. The predicted octanol–water partition coefficient (Wildman–Crippen LogP) is 2.90. The molecule has 2 heterocycles. The summed E-state index contributed by atoms with van der Waals surface area (Å²) in [4.78, 5) is 12.0. The first-order chi connectivity index (χ1) is 11.8. The van der Waals surface area contributed by atoms with Crippen molar-refractivity contribution >= 4 is 24.3 Å². The maximum atomic E-state index is 12.0. The average Bonchev–Trinajstić information content (AvgIpc) is 3.12. The lowest BCUT2D eigenvalue weighted by Crippen LogP contribution is -2.41. The minimum absolute atomic E-state index is 0.303. The zero-order valence-electron chi connectivity index (χ0n) is 15.0. The van der Waals surface area contributed by atoms with E-state index in [0.717, 1.165) is 5.46 Å². The van der Waals surface area contributed by atoms with Gasteiger partial charge >= 0.3 is 13.1 Å². The molecule has 1 fully saturated rings. The molecule has 0 unspecified atom stereocenters. The molecule has 2 N–H and O–H groups in total. The smallest absolute Gasteiger partial charge is 0.467 e. The molecule has 2 amide bonds. The van der Waals surface area contributed by atoms with Crippen LogP contribution in [0, 0.1) is 0 Å². The van der Waals surface area contributed by atoms with Gasteiger partial charge in [-0.1, -0.05) is 12.1 Å². The molecule has 1 saturated heterocycles. The second kappa shape index (κ2) is 6.57. The van der Waals surface area contributed by atoms with Gasteiger partial charge in [-0.15, -0.1) is 0 Å². The second-order valence-corrected chi connectivity index (χ2v) is 7.10. The molecular formula is C18H23BN2O4. The van der Waals surface area contributed by atoms with Crippen LogP contribution in [-0.4, -0.2) is 24.4 Å². The fraction of sp³-hybridized carbons (Fsp3) is 0.389. The molecule has 0 saturated carbocycles. The summed E-state index contributed by atoms with van der Waals surface area (Å²) in [6.07, 6.45) is 1.57. The van der Waals surface area contributed by atoms with Gasteiger partial charge in [0.15, 0.2) is 0 Å². The first-order valence-electron chi connectivity index (χ1n) is 8.30. The number of hydrogen-bond donors (Lipinski definition) is 2. The van der Waals surface area contributed by atoms with Crippen LogP contribution >= 0.6 is 0 Å². The zero-order valence-corrected chi connectivity index (χ0v) is 15.0. The Morgan fingerprint density at radius 1 is 1.08 bits per heavy atom. The minimum Gasteiger partial charge on any atom is -0.467 e. The van der Waals surface area contributed by atoms with Crippen LogP contribution in [0.3, 0.4) is 0 Å². The van der Waals surface area contributed by atoms with Crippen molar-refractivity contribution in [2.45, 2.75) is 45.4 Å². The van der Waals surface area contributed by atoms with Crippen molar-refractivity contribution in [1.29, 1.82) is 0 Å². The lowest BCUT2D eigenvalue weighted by atomic mass is 9.79. The summed E-state index contributed by atoms with van der Waals surface area (Å²) >= 11 is 0. The molecule has 0 radical (unpaired) electrons. The number of rotatable bonds is 4. The predicted molar refractivity (Wildman–Crippen MR) is 96.7 cm³/mol. The molecule has 3 rings (SSSR count). The third-order valence-corrected chi connectivity index (χ3v) is 4.67. The molecular weight excluding hydrogens is 319 g/mol. The van der Waals surface area contributed by atoms with Gasteiger partial charge in [0.25, 0.3) is 0 Å². The van der Waals surface area contributed by atoms with E-state index in [1.807, 2.05) is 52.0 Å². The van der Waals surface area contributed by atoms with Gasteiger partial charge in [0.2, 0.25) is 0 Å². The van der Waals surface area contributed by atoms with Gasteiger partial charge in [0, 0.05) is 5.69 Å². The van der Waals surface area contributed by atoms with Crippen molar-refractivity contribution < 1.29 is 18.5 Å². The lowest BCUT2D eigenvalue weighted by Gasteiger charge is -2.32. The van der Waals surface area contributed by atoms with Gasteiger partial charge < -0.3 is 24.4 Å². The normalized spacial score (nSPS) is 18.2. The Kier molecular flexibility index (Phi) is 4.62. The Bertz CT molecular complexity index is 727. The second-order valence-electron chi connectivity index (χ2n) is 7.10. The number of benzene rings is 1. The maximum absolute atomic E-state index is 12.0. The number of nitrogens with one attached hydrogen (secondary N) is 2. The summed E-state index contributed by atoms with van der Waals surface area (Å²) in [6.45, 7) is 8.37. The molecule has 0 spiro atoms. The molecule has 7 heteroatoms. The van der Waals surface area contributed by atoms with Crippen molar-refractivity contribution in [2.75, 3.05) is 5.32 Å². The Morgan fingerprint density at radius 2 is 1.80 bits per heavy atom. The van der Waals surface area contributed by atoms with Crippen molar-refractivity contribution in [3.05, 3.63) is 48.4 Å². The van der Waals surface area contributed by atoms with E-state index in [9.17, 15) is 4.79 Å². The third-order valence-electron chi connectivity index (χ3n) is 4.67. The van der Waals surface area contributed by atoms with E-state index in [1.54, 1.807) is 18.4 Å². The highest BCUT2D eigenvalue weighted by atomic mass is 16.7. The fourth-order valence-corrected chi connectivity index (χ4v) is 2.50. The van der Waals surface area contributed by atoms with Crippen LogP contribution in [0.25, 0.3) is 0 Å². The van der Waals surface area contributed by atoms with Gasteiger partial charge in [-0.3, -0.25) is 0 Å². The largest absolute Gasteiger partial charge is 0.494 e. The van der Waals surface area contributed by atoms with Gasteiger partial charge in [-0.25, -0.2) is 4.79 Å². The molecule has 2 aromatic rings. The van der Waals surface area contributed by atoms with Crippen molar-refractivity contribution in [1.82, 2.24) is 5.32 Å². The van der Waals surface area contributed by atoms with Gasteiger partial charge in [0.05, 0.1) is 24.0 Å². The van der Waals surface area contributed by atoms with Crippen molar-refractivity contribution in [2.24, 2.45) is 0 Å². The number of urea groups is 1. The monoisotopic (exact) mass is 342 g/mol. The van der Waals surface area contributed by atoms with Crippen LogP contribution in [0.15, 0.2) is 47.1 Å². The Balaban J connectivity index is 1.63. The first-order valence-corrected chi connectivity index (χ1v) is 8.30. The topological polar surface area (TPSA) is 72.7 Å². The number of hydrogen-bond acceptors (Lipinski definition) is 4. The standard InChI is InChI=1S/C18H23BN2O4/c1-17(2)18(3,4)25-19(24-17)13-7-5-8-14(11-13)21-16(22)20-12-15-9-6-10-23-15/h5-11H,12H2,1-4H3,(H2,20,21,22). The molecule has 1 aliphatic rings. The Labute approximate surface area is 148 Å². The summed E-state index contributed by atoms with van der Waals surface area (Å²) in [5.41, 5.74) is 0.731.